The maximum absolute atomic E-state index is 11.9. The van der Waals surface area contributed by atoms with Crippen LogP contribution in [0, 0.1) is 19.3 Å². The smallest absolute Gasteiger partial charge is 0.297 e. The van der Waals surface area contributed by atoms with Crippen LogP contribution >= 0.6 is 0 Å². The Labute approximate surface area is 144 Å². The minimum atomic E-state index is -3.73. The predicted molar refractivity (Wildman–Crippen MR) is 90.2 cm³/mol. The molecule has 6 nitrogen and oxygen atoms in total. The molecule has 0 saturated carbocycles. The third-order valence-corrected chi connectivity index (χ3v) is 4.24. The average Bonchev–Trinajstić information content (AvgIpc) is 2.56. The first-order chi connectivity index (χ1) is 11.6. The number of aryl methyl sites for hydroxylation is 1. The van der Waals surface area contributed by atoms with Crippen molar-refractivity contribution in [3.05, 3.63) is 29.8 Å². The Kier molecular flexibility index (Phi) is 10.3. The van der Waals surface area contributed by atoms with Crippen LogP contribution in [0.1, 0.15) is 12.0 Å². The highest BCUT2D eigenvalue weighted by Crippen LogP contribution is 2.12. The molecule has 0 saturated heterocycles. The van der Waals surface area contributed by atoms with E-state index < -0.39 is 10.1 Å². The molecule has 0 aliphatic heterocycles. The van der Waals surface area contributed by atoms with Crippen LogP contribution in [0.15, 0.2) is 29.2 Å². The lowest BCUT2D eigenvalue weighted by Crippen LogP contribution is -2.14. The van der Waals surface area contributed by atoms with Gasteiger partial charge in [0.05, 0.1) is 51.1 Å². The van der Waals surface area contributed by atoms with E-state index in [-0.39, 0.29) is 18.1 Å². The van der Waals surface area contributed by atoms with Crippen LogP contribution in [0.3, 0.4) is 0 Å². The van der Waals surface area contributed by atoms with Gasteiger partial charge in [0, 0.05) is 6.42 Å². The second kappa shape index (κ2) is 12.0. The molecule has 24 heavy (non-hydrogen) atoms. The van der Waals surface area contributed by atoms with Gasteiger partial charge in [0.2, 0.25) is 0 Å². The van der Waals surface area contributed by atoms with E-state index in [0.717, 1.165) is 5.56 Å². The van der Waals surface area contributed by atoms with Crippen molar-refractivity contribution < 1.29 is 26.8 Å². The highest BCUT2D eigenvalue weighted by atomic mass is 32.2. The number of benzene rings is 1. The van der Waals surface area contributed by atoms with Gasteiger partial charge in [-0.15, -0.1) is 12.3 Å². The number of rotatable bonds is 13. The van der Waals surface area contributed by atoms with E-state index >= 15 is 0 Å². The summed E-state index contributed by atoms with van der Waals surface area (Å²) in [5.74, 6) is 2.48. The Bertz CT molecular complexity index is 589. The number of ether oxygens (including phenoxy) is 3. The monoisotopic (exact) mass is 356 g/mol. The fraction of sp³-hybridized carbons (Fsp3) is 0.529. The van der Waals surface area contributed by atoms with Crippen LogP contribution in [0.2, 0.25) is 0 Å². The summed E-state index contributed by atoms with van der Waals surface area (Å²) in [5, 5.41) is 0. The van der Waals surface area contributed by atoms with Crippen molar-refractivity contribution in [1.29, 1.82) is 0 Å². The minimum Gasteiger partial charge on any atom is -0.378 e. The molecule has 1 aromatic carbocycles. The van der Waals surface area contributed by atoms with E-state index in [4.69, 9.17) is 24.8 Å². The minimum absolute atomic E-state index is 0.0363. The number of hydrogen-bond donors (Lipinski definition) is 0. The first-order valence-electron chi connectivity index (χ1n) is 7.69. The van der Waals surface area contributed by atoms with E-state index in [9.17, 15) is 8.42 Å². The zero-order valence-corrected chi connectivity index (χ0v) is 14.7. The van der Waals surface area contributed by atoms with Gasteiger partial charge in [-0.1, -0.05) is 17.7 Å². The normalized spacial score (nSPS) is 11.3. The molecule has 0 radical (unpaired) electrons. The van der Waals surface area contributed by atoms with Crippen molar-refractivity contribution in [3.63, 3.8) is 0 Å². The third-order valence-electron chi connectivity index (χ3n) is 2.91. The summed E-state index contributed by atoms with van der Waals surface area (Å²) in [6.07, 6.45) is 5.68. The van der Waals surface area contributed by atoms with Gasteiger partial charge in [-0.3, -0.25) is 4.18 Å². The van der Waals surface area contributed by atoms with Gasteiger partial charge in [0.25, 0.3) is 10.1 Å². The molecule has 0 N–H and O–H groups in total. The largest absolute Gasteiger partial charge is 0.378 e. The van der Waals surface area contributed by atoms with Crippen LogP contribution in [0.4, 0.5) is 0 Å². The number of terminal acetylenes is 1. The average molecular weight is 356 g/mol. The summed E-state index contributed by atoms with van der Waals surface area (Å²) in [7, 11) is -3.73. The number of hydrogen-bond acceptors (Lipinski definition) is 6. The second-order valence-electron chi connectivity index (χ2n) is 4.88. The van der Waals surface area contributed by atoms with E-state index in [0.29, 0.717) is 39.5 Å². The van der Waals surface area contributed by atoms with E-state index in [1.807, 2.05) is 6.92 Å². The fourth-order valence-electron chi connectivity index (χ4n) is 1.65. The van der Waals surface area contributed by atoms with Crippen molar-refractivity contribution in [3.8, 4) is 12.3 Å². The molecule has 1 aromatic rings. The first-order valence-corrected chi connectivity index (χ1v) is 9.10. The summed E-state index contributed by atoms with van der Waals surface area (Å²) in [6, 6.07) is 6.48. The Morgan fingerprint density at radius 2 is 1.38 bits per heavy atom. The molecular weight excluding hydrogens is 332 g/mol. The second-order valence-corrected chi connectivity index (χ2v) is 6.50. The summed E-state index contributed by atoms with van der Waals surface area (Å²) < 4.78 is 44.4. The quantitative estimate of drug-likeness (QED) is 0.305. The first kappa shape index (κ1) is 20.6. The molecule has 0 spiro atoms. The lowest BCUT2D eigenvalue weighted by molar-refractivity contribution is 0.0106. The lowest BCUT2D eigenvalue weighted by atomic mass is 10.2. The lowest BCUT2D eigenvalue weighted by Gasteiger charge is -2.08. The van der Waals surface area contributed by atoms with Gasteiger partial charge in [-0.25, -0.2) is 0 Å². The topological polar surface area (TPSA) is 71.1 Å². The Morgan fingerprint density at radius 3 is 1.92 bits per heavy atom. The summed E-state index contributed by atoms with van der Waals surface area (Å²) in [4.78, 5) is 0.140. The fourth-order valence-corrected chi connectivity index (χ4v) is 2.54. The van der Waals surface area contributed by atoms with Crippen LogP contribution in [-0.4, -0.2) is 54.7 Å². The summed E-state index contributed by atoms with van der Waals surface area (Å²) in [5.41, 5.74) is 0.985. The van der Waals surface area contributed by atoms with Crippen LogP contribution < -0.4 is 0 Å². The molecule has 7 heteroatoms. The Hall–Kier alpha value is -1.43. The van der Waals surface area contributed by atoms with Gasteiger partial charge < -0.3 is 14.2 Å². The molecule has 0 amide bonds. The molecule has 134 valence electrons. The van der Waals surface area contributed by atoms with Crippen molar-refractivity contribution >= 4 is 10.1 Å². The zero-order chi connectivity index (χ0) is 17.7. The van der Waals surface area contributed by atoms with E-state index in [1.54, 1.807) is 12.1 Å². The molecule has 0 heterocycles. The highest BCUT2D eigenvalue weighted by Gasteiger charge is 2.14. The molecule has 1 rings (SSSR count). The van der Waals surface area contributed by atoms with Crippen molar-refractivity contribution in [1.82, 2.24) is 0 Å². The molecular formula is C17H24O6S. The van der Waals surface area contributed by atoms with Crippen molar-refractivity contribution in [2.75, 3.05) is 46.2 Å². The predicted octanol–water partition coefficient (Wildman–Crippen LogP) is 1.77. The SMILES string of the molecule is C#CCCOCCOCCOCCOS(=O)(=O)c1ccc(C)cc1. The summed E-state index contributed by atoms with van der Waals surface area (Å²) in [6.45, 7) is 4.27. The highest BCUT2D eigenvalue weighted by molar-refractivity contribution is 7.86. The van der Waals surface area contributed by atoms with Crippen LogP contribution in [0.25, 0.3) is 0 Å². The third kappa shape index (κ3) is 9.01. The van der Waals surface area contributed by atoms with Crippen LogP contribution in [0.5, 0.6) is 0 Å². The van der Waals surface area contributed by atoms with Crippen molar-refractivity contribution in [2.45, 2.75) is 18.2 Å². The van der Waals surface area contributed by atoms with Crippen molar-refractivity contribution in [2.24, 2.45) is 0 Å². The maximum Gasteiger partial charge on any atom is 0.297 e. The van der Waals surface area contributed by atoms with Crippen LogP contribution in [-0.2, 0) is 28.5 Å². The summed E-state index contributed by atoms with van der Waals surface area (Å²) >= 11 is 0. The maximum atomic E-state index is 11.9. The van der Waals surface area contributed by atoms with Gasteiger partial charge in [0.15, 0.2) is 0 Å². The van der Waals surface area contributed by atoms with Gasteiger partial charge in [-0.2, -0.15) is 8.42 Å². The molecule has 0 fully saturated rings. The molecule has 0 atom stereocenters. The zero-order valence-electron chi connectivity index (χ0n) is 13.9. The Balaban J connectivity index is 2.02. The van der Waals surface area contributed by atoms with E-state index in [2.05, 4.69) is 5.92 Å². The standard InChI is InChI=1S/C17H24O6S/c1-3-4-9-20-10-11-21-12-13-22-14-15-23-24(18,19)17-7-5-16(2)6-8-17/h1,5-8H,4,9-15H2,2H3. The van der Waals surface area contributed by atoms with E-state index in [1.165, 1.54) is 12.1 Å². The van der Waals surface area contributed by atoms with Gasteiger partial charge in [0.1, 0.15) is 0 Å². The molecule has 0 unspecified atom stereocenters. The molecule has 0 aliphatic rings. The van der Waals surface area contributed by atoms with Gasteiger partial charge >= 0.3 is 0 Å². The van der Waals surface area contributed by atoms with Gasteiger partial charge in [-0.05, 0) is 19.1 Å². The molecule has 0 aromatic heterocycles. The molecule has 0 bridgehead atoms. The molecule has 0 aliphatic carbocycles. The Morgan fingerprint density at radius 1 is 0.875 bits per heavy atom.